The molecule has 98 valence electrons. The summed E-state index contributed by atoms with van der Waals surface area (Å²) in [7, 11) is 1.73. The van der Waals surface area contributed by atoms with E-state index in [0.29, 0.717) is 6.54 Å². The Labute approximate surface area is 108 Å². The number of ether oxygens (including phenoxy) is 1. The highest BCUT2D eigenvalue weighted by atomic mass is 32.1. The van der Waals surface area contributed by atoms with Crippen LogP contribution in [0.25, 0.3) is 0 Å². The SMILES string of the molecule is CCCc1nc(N(CC)CCOC)sc1CN. The van der Waals surface area contributed by atoms with Crippen molar-refractivity contribution in [1.82, 2.24) is 4.98 Å². The number of aryl methyl sites for hydroxylation is 1. The molecule has 0 aromatic carbocycles. The van der Waals surface area contributed by atoms with Crippen LogP contribution in [-0.4, -0.2) is 31.8 Å². The van der Waals surface area contributed by atoms with Crippen LogP contribution < -0.4 is 10.6 Å². The van der Waals surface area contributed by atoms with Gasteiger partial charge in [0.05, 0.1) is 12.3 Å². The first-order valence-corrected chi connectivity index (χ1v) is 7.00. The fourth-order valence-corrected chi connectivity index (χ4v) is 2.76. The van der Waals surface area contributed by atoms with Gasteiger partial charge >= 0.3 is 0 Å². The van der Waals surface area contributed by atoms with E-state index in [4.69, 9.17) is 15.5 Å². The van der Waals surface area contributed by atoms with Crippen LogP contribution in [0.2, 0.25) is 0 Å². The van der Waals surface area contributed by atoms with E-state index in [9.17, 15) is 0 Å². The maximum atomic E-state index is 5.76. The average Bonchev–Trinajstić information content (AvgIpc) is 2.74. The highest BCUT2D eigenvalue weighted by molar-refractivity contribution is 7.15. The number of nitrogens with two attached hydrogens (primary N) is 1. The summed E-state index contributed by atoms with van der Waals surface area (Å²) in [6, 6.07) is 0. The van der Waals surface area contributed by atoms with Crippen LogP contribution in [0.3, 0.4) is 0 Å². The van der Waals surface area contributed by atoms with Crippen molar-refractivity contribution >= 4 is 16.5 Å². The molecule has 1 aromatic rings. The highest BCUT2D eigenvalue weighted by Gasteiger charge is 2.13. The Balaban J connectivity index is 2.80. The van der Waals surface area contributed by atoms with Gasteiger partial charge in [0.25, 0.3) is 0 Å². The van der Waals surface area contributed by atoms with Crippen LogP contribution in [0.15, 0.2) is 0 Å². The lowest BCUT2D eigenvalue weighted by Crippen LogP contribution is -2.26. The molecule has 0 unspecified atom stereocenters. The minimum absolute atomic E-state index is 0.592. The lowest BCUT2D eigenvalue weighted by Gasteiger charge is -2.18. The Bertz CT molecular complexity index is 328. The third kappa shape index (κ3) is 3.94. The van der Waals surface area contributed by atoms with Crippen LogP contribution in [0.5, 0.6) is 0 Å². The van der Waals surface area contributed by atoms with E-state index in [-0.39, 0.29) is 0 Å². The van der Waals surface area contributed by atoms with Gasteiger partial charge in [0.15, 0.2) is 5.13 Å². The van der Waals surface area contributed by atoms with Crippen LogP contribution >= 0.6 is 11.3 Å². The molecule has 0 radical (unpaired) electrons. The largest absolute Gasteiger partial charge is 0.383 e. The monoisotopic (exact) mass is 257 g/mol. The summed E-state index contributed by atoms with van der Waals surface area (Å²) >= 11 is 1.72. The zero-order valence-corrected chi connectivity index (χ0v) is 11.8. The highest BCUT2D eigenvalue weighted by Crippen LogP contribution is 2.26. The van der Waals surface area contributed by atoms with E-state index < -0.39 is 0 Å². The molecule has 1 aromatic heterocycles. The van der Waals surface area contributed by atoms with E-state index in [1.807, 2.05) is 0 Å². The molecule has 2 N–H and O–H groups in total. The first-order valence-electron chi connectivity index (χ1n) is 6.19. The first kappa shape index (κ1) is 14.4. The molecule has 5 heteroatoms. The van der Waals surface area contributed by atoms with Gasteiger partial charge in [0.1, 0.15) is 0 Å². The van der Waals surface area contributed by atoms with Crippen LogP contribution in [-0.2, 0) is 17.7 Å². The molecule has 0 spiro atoms. The number of likely N-dealkylation sites (N-methyl/N-ethyl adjacent to an activating group) is 1. The molecule has 17 heavy (non-hydrogen) atoms. The Morgan fingerprint density at radius 3 is 2.71 bits per heavy atom. The number of anilines is 1. The fourth-order valence-electron chi connectivity index (χ4n) is 1.69. The van der Waals surface area contributed by atoms with Crippen molar-refractivity contribution in [2.75, 3.05) is 31.7 Å². The molecule has 0 amide bonds. The number of hydrogen-bond acceptors (Lipinski definition) is 5. The molecule has 0 bridgehead atoms. The van der Waals surface area contributed by atoms with Gasteiger partial charge in [-0.25, -0.2) is 4.98 Å². The number of thiazole rings is 1. The standard InChI is InChI=1S/C12H23N3OS/c1-4-6-10-11(9-13)17-12(14-10)15(5-2)7-8-16-3/h4-9,13H2,1-3H3. The van der Waals surface area contributed by atoms with Gasteiger partial charge in [-0.2, -0.15) is 0 Å². The zero-order chi connectivity index (χ0) is 12.7. The molecule has 0 saturated heterocycles. The van der Waals surface area contributed by atoms with E-state index in [1.165, 1.54) is 10.6 Å². The molecule has 0 atom stereocenters. The molecule has 1 rings (SSSR count). The second kappa shape index (κ2) is 7.63. The van der Waals surface area contributed by atoms with Crippen molar-refractivity contribution in [3.8, 4) is 0 Å². The summed E-state index contributed by atoms with van der Waals surface area (Å²) in [5.74, 6) is 0. The minimum Gasteiger partial charge on any atom is -0.383 e. The van der Waals surface area contributed by atoms with Crippen molar-refractivity contribution < 1.29 is 4.74 Å². The van der Waals surface area contributed by atoms with Gasteiger partial charge in [-0.15, -0.1) is 11.3 Å². The van der Waals surface area contributed by atoms with Crippen molar-refractivity contribution in [1.29, 1.82) is 0 Å². The summed E-state index contributed by atoms with van der Waals surface area (Å²) in [6.45, 7) is 7.46. The third-order valence-electron chi connectivity index (χ3n) is 2.66. The van der Waals surface area contributed by atoms with Gasteiger partial charge in [-0.3, -0.25) is 0 Å². The van der Waals surface area contributed by atoms with Gasteiger partial charge in [-0.1, -0.05) is 13.3 Å². The van der Waals surface area contributed by atoms with Crippen molar-refractivity contribution in [3.05, 3.63) is 10.6 Å². The summed E-state index contributed by atoms with van der Waals surface area (Å²) in [5.41, 5.74) is 6.94. The normalized spacial score (nSPS) is 10.8. The number of hydrogen-bond donors (Lipinski definition) is 1. The molecule has 4 nitrogen and oxygen atoms in total. The quantitative estimate of drug-likeness (QED) is 0.774. The Hall–Kier alpha value is -0.650. The Morgan fingerprint density at radius 1 is 1.41 bits per heavy atom. The molecule has 1 heterocycles. The maximum absolute atomic E-state index is 5.76. The predicted molar refractivity (Wildman–Crippen MR) is 73.8 cm³/mol. The maximum Gasteiger partial charge on any atom is 0.185 e. The predicted octanol–water partition coefficient (Wildman–Crippen LogP) is 2.03. The molecule has 0 aliphatic carbocycles. The smallest absolute Gasteiger partial charge is 0.185 e. The topological polar surface area (TPSA) is 51.4 Å². The van der Waals surface area contributed by atoms with E-state index in [2.05, 4.69) is 18.7 Å². The van der Waals surface area contributed by atoms with E-state index in [0.717, 1.165) is 37.7 Å². The van der Waals surface area contributed by atoms with Gasteiger partial charge in [0.2, 0.25) is 0 Å². The van der Waals surface area contributed by atoms with Crippen molar-refractivity contribution in [2.24, 2.45) is 5.73 Å². The molecular formula is C12H23N3OS. The van der Waals surface area contributed by atoms with Crippen LogP contribution in [0, 0.1) is 0 Å². The number of rotatable bonds is 8. The molecular weight excluding hydrogens is 234 g/mol. The van der Waals surface area contributed by atoms with Gasteiger partial charge in [-0.05, 0) is 13.3 Å². The van der Waals surface area contributed by atoms with Crippen LogP contribution in [0.1, 0.15) is 30.8 Å². The summed E-state index contributed by atoms with van der Waals surface area (Å²) < 4.78 is 5.12. The lowest BCUT2D eigenvalue weighted by atomic mass is 10.2. The lowest BCUT2D eigenvalue weighted by molar-refractivity contribution is 0.205. The zero-order valence-electron chi connectivity index (χ0n) is 11.0. The molecule has 0 aliphatic heterocycles. The van der Waals surface area contributed by atoms with Crippen molar-refractivity contribution in [3.63, 3.8) is 0 Å². The number of methoxy groups -OCH3 is 1. The number of aromatic nitrogens is 1. The number of nitrogens with zero attached hydrogens (tertiary/aromatic N) is 2. The second-order valence-corrected chi connectivity index (χ2v) is 4.95. The third-order valence-corrected chi connectivity index (χ3v) is 3.84. The van der Waals surface area contributed by atoms with Crippen LogP contribution in [0.4, 0.5) is 5.13 Å². The second-order valence-electron chi connectivity index (χ2n) is 3.89. The Kier molecular flexibility index (Phi) is 6.47. The van der Waals surface area contributed by atoms with E-state index in [1.54, 1.807) is 18.4 Å². The molecule has 0 fully saturated rings. The molecule has 0 saturated carbocycles. The molecule has 0 aliphatic rings. The van der Waals surface area contributed by atoms with Gasteiger partial charge in [0, 0.05) is 31.6 Å². The first-order chi connectivity index (χ1) is 8.26. The Morgan fingerprint density at radius 2 is 2.18 bits per heavy atom. The fraction of sp³-hybridized carbons (Fsp3) is 0.750. The van der Waals surface area contributed by atoms with Gasteiger partial charge < -0.3 is 15.4 Å². The summed E-state index contributed by atoms with van der Waals surface area (Å²) in [5, 5.41) is 1.08. The van der Waals surface area contributed by atoms with E-state index >= 15 is 0 Å². The minimum atomic E-state index is 0.592. The summed E-state index contributed by atoms with van der Waals surface area (Å²) in [4.78, 5) is 8.17. The van der Waals surface area contributed by atoms with Crippen molar-refractivity contribution in [2.45, 2.75) is 33.2 Å². The summed E-state index contributed by atoms with van der Waals surface area (Å²) in [6.07, 6.45) is 2.13. The average molecular weight is 257 g/mol.